The molecular weight excluding hydrogens is 389 g/mol. The molecule has 6 nitrogen and oxygen atoms in total. The number of benzene rings is 2. The number of para-hydroxylation sites is 2. The van der Waals surface area contributed by atoms with E-state index < -0.39 is 5.97 Å². The molecule has 4 rings (SSSR count). The Morgan fingerprint density at radius 1 is 1.00 bits per heavy atom. The second-order valence-electron chi connectivity index (χ2n) is 5.59. The van der Waals surface area contributed by atoms with Gasteiger partial charge in [-0.25, -0.2) is 14.5 Å². The van der Waals surface area contributed by atoms with Crippen LogP contribution in [0.25, 0.3) is 16.6 Å². The molecule has 0 spiro atoms. The third kappa shape index (κ3) is 3.20. The molecule has 0 bridgehead atoms. The van der Waals surface area contributed by atoms with Gasteiger partial charge in [0.05, 0.1) is 32.8 Å². The van der Waals surface area contributed by atoms with E-state index in [1.807, 2.05) is 24.3 Å². The van der Waals surface area contributed by atoms with E-state index in [1.54, 1.807) is 28.9 Å². The highest BCUT2D eigenvalue weighted by Gasteiger charge is 2.17. The Bertz CT molecular complexity index is 1140. The zero-order chi connectivity index (χ0) is 19.0. The number of halogens is 2. The van der Waals surface area contributed by atoms with E-state index in [4.69, 9.17) is 33.0 Å². The number of carboxylic acids is 1. The van der Waals surface area contributed by atoms with Gasteiger partial charge in [-0.1, -0.05) is 41.4 Å². The lowest BCUT2D eigenvalue weighted by molar-refractivity contribution is 0.0690. The first-order valence-corrected chi connectivity index (χ1v) is 8.59. The van der Waals surface area contributed by atoms with Crippen LogP contribution in [0, 0.1) is 0 Å². The van der Waals surface area contributed by atoms with Crippen LogP contribution < -0.4 is 4.74 Å². The molecule has 27 heavy (non-hydrogen) atoms. The van der Waals surface area contributed by atoms with Crippen molar-refractivity contribution in [2.45, 2.75) is 0 Å². The van der Waals surface area contributed by atoms with Gasteiger partial charge in [-0.15, -0.1) is 5.10 Å². The van der Waals surface area contributed by atoms with E-state index in [9.17, 15) is 4.79 Å². The molecule has 0 aliphatic carbocycles. The minimum absolute atomic E-state index is 0.0467. The van der Waals surface area contributed by atoms with Gasteiger partial charge >= 0.3 is 5.97 Å². The van der Waals surface area contributed by atoms with Gasteiger partial charge in [0.25, 0.3) is 0 Å². The number of rotatable bonds is 4. The van der Waals surface area contributed by atoms with Crippen LogP contribution in [0.5, 0.6) is 11.6 Å². The minimum atomic E-state index is -1.09. The number of hydrogen-bond acceptors (Lipinski definition) is 4. The molecule has 8 heteroatoms. The van der Waals surface area contributed by atoms with Gasteiger partial charge in [-0.2, -0.15) is 0 Å². The van der Waals surface area contributed by atoms with Crippen molar-refractivity contribution in [3.05, 3.63) is 76.5 Å². The number of nitrogens with zero attached hydrogens (tertiary/aromatic N) is 3. The first kappa shape index (κ1) is 17.3. The average Bonchev–Trinajstić information content (AvgIpc) is 3.04. The van der Waals surface area contributed by atoms with E-state index in [1.165, 1.54) is 12.3 Å². The van der Waals surface area contributed by atoms with Crippen LogP contribution in [-0.4, -0.2) is 25.8 Å². The number of ether oxygens (including phenoxy) is 1. The highest BCUT2D eigenvalue weighted by Crippen LogP contribution is 2.38. The molecule has 0 unspecified atom stereocenters. The molecule has 2 aromatic carbocycles. The molecular formula is C19H11Cl2N3O3. The monoisotopic (exact) mass is 399 g/mol. The highest BCUT2D eigenvalue weighted by atomic mass is 35.5. The molecule has 0 saturated heterocycles. The smallest absolute Gasteiger partial charge is 0.354 e. The van der Waals surface area contributed by atoms with Crippen molar-refractivity contribution < 1.29 is 14.6 Å². The fraction of sp³-hybridized carbons (Fsp3) is 0. The lowest BCUT2D eigenvalue weighted by Gasteiger charge is -2.07. The summed E-state index contributed by atoms with van der Waals surface area (Å²) in [6, 6.07) is 15.6. The van der Waals surface area contributed by atoms with Gasteiger partial charge in [0.15, 0.2) is 5.75 Å². The van der Waals surface area contributed by atoms with Crippen molar-refractivity contribution in [2.24, 2.45) is 0 Å². The van der Waals surface area contributed by atoms with Gasteiger partial charge in [0, 0.05) is 0 Å². The predicted molar refractivity (Wildman–Crippen MR) is 102 cm³/mol. The maximum atomic E-state index is 11.0. The highest BCUT2D eigenvalue weighted by molar-refractivity contribution is 6.37. The zero-order valence-corrected chi connectivity index (χ0v) is 15.1. The topological polar surface area (TPSA) is 77.2 Å². The normalized spacial score (nSPS) is 10.9. The summed E-state index contributed by atoms with van der Waals surface area (Å²) in [7, 11) is 0. The molecule has 2 aromatic heterocycles. The summed E-state index contributed by atoms with van der Waals surface area (Å²) in [6.45, 7) is 0. The first-order valence-electron chi connectivity index (χ1n) is 7.84. The summed E-state index contributed by atoms with van der Waals surface area (Å²) < 4.78 is 7.53. The minimum Gasteiger partial charge on any atom is -0.477 e. The van der Waals surface area contributed by atoms with E-state index in [2.05, 4.69) is 10.1 Å². The molecule has 0 atom stereocenters. The molecule has 0 saturated carbocycles. The van der Waals surface area contributed by atoms with Crippen molar-refractivity contribution in [3.8, 4) is 17.3 Å². The van der Waals surface area contributed by atoms with Crippen molar-refractivity contribution >= 4 is 40.1 Å². The molecule has 0 aliphatic rings. The summed E-state index contributed by atoms with van der Waals surface area (Å²) in [5.74, 6) is -0.456. The standard InChI is InChI=1S/C19H11Cl2N3O3/c20-13-5-3-6-14(21)17(13)27-18-12-4-1-2-7-16(12)24(23-18)11-8-9-15(19(25)26)22-10-11/h1-10H,(H,25,26). The number of pyridine rings is 1. The molecule has 134 valence electrons. The second kappa shape index (κ2) is 6.90. The number of hydrogen-bond donors (Lipinski definition) is 1. The Hall–Kier alpha value is -3.09. The van der Waals surface area contributed by atoms with Gasteiger partial charge in [0.1, 0.15) is 5.69 Å². The van der Waals surface area contributed by atoms with Crippen LogP contribution in [0.1, 0.15) is 10.5 Å². The molecule has 0 fully saturated rings. The lowest BCUT2D eigenvalue weighted by Crippen LogP contribution is -2.02. The van der Waals surface area contributed by atoms with Crippen LogP contribution in [0.4, 0.5) is 0 Å². The van der Waals surface area contributed by atoms with E-state index in [-0.39, 0.29) is 5.69 Å². The van der Waals surface area contributed by atoms with Crippen molar-refractivity contribution in [1.82, 2.24) is 14.8 Å². The number of fused-ring (bicyclic) bond motifs is 1. The van der Waals surface area contributed by atoms with E-state index in [0.29, 0.717) is 27.4 Å². The van der Waals surface area contributed by atoms with Crippen LogP contribution in [0.3, 0.4) is 0 Å². The Morgan fingerprint density at radius 3 is 2.41 bits per heavy atom. The molecule has 0 aliphatic heterocycles. The average molecular weight is 400 g/mol. The van der Waals surface area contributed by atoms with Gasteiger partial charge in [-0.05, 0) is 36.4 Å². The quantitative estimate of drug-likeness (QED) is 0.508. The Kier molecular flexibility index (Phi) is 4.43. The van der Waals surface area contributed by atoms with Gasteiger partial charge in [-0.3, -0.25) is 0 Å². The summed E-state index contributed by atoms with van der Waals surface area (Å²) >= 11 is 12.4. The van der Waals surface area contributed by atoms with Crippen LogP contribution in [-0.2, 0) is 0 Å². The molecule has 0 amide bonds. The molecule has 4 aromatic rings. The van der Waals surface area contributed by atoms with E-state index >= 15 is 0 Å². The van der Waals surface area contributed by atoms with Gasteiger partial charge < -0.3 is 9.84 Å². The zero-order valence-electron chi connectivity index (χ0n) is 13.6. The largest absolute Gasteiger partial charge is 0.477 e. The summed E-state index contributed by atoms with van der Waals surface area (Å²) in [6.07, 6.45) is 1.44. The third-order valence-corrected chi connectivity index (χ3v) is 4.48. The third-order valence-electron chi connectivity index (χ3n) is 3.88. The molecule has 0 radical (unpaired) electrons. The summed E-state index contributed by atoms with van der Waals surface area (Å²) in [5.41, 5.74) is 1.31. The van der Waals surface area contributed by atoms with Gasteiger partial charge in [0.2, 0.25) is 5.88 Å². The number of aromatic carboxylic acids is 1. The maximum Gasteiger partial charge on any atom is 0.354 e. The van der Waals surface area contributed by atoms with Crippen LogP contribution in [0.2, 0.25) is 10.0 Å². The Morgan fingerprint density at radius 2 is 1.74 bits per heavy atom. The predicted octanol–water partition coefficient (Wildman–Crippen LogP) is 5.22. The number of carbonyl (C=O) groups is 1. The SMILES string of the molecule is O=C(O)c1ccc(-n2nc(Oc3c(Cl)cccc3Cl)c3ccccc32)cn1. The molecule has 1 N–H and O–H groups in total. The Labute approximate surface area is 163 Å². The van der Waals surface area contributed by atoms with E-state index in [0.717, 1.165) is 10.9 Å². The van der Waals surface area contributed by atoms with Crippen molar-refractivity contribution in [2.75, 3.05) is 0 Å². The fourth-order valence-corrected chi connectivity index (χ4v) is 3.10. The number of carboxylic acid groups (broad SMARTS) is 1. The Balaban J connectivity index is 1.83. The van der Waals surface area contributed by atoms with Crippen molar-refractivity contribution in [1.29, 1.82) is 0 Å². The lowest BCUT2D eigenvalue weighted by atomic mass is 10.2. The fourth-order valence-electron chi connectivity index (χ4n) is 2.62. The van der Waals surface area contributed by atoms with Crippen LogP contribution in [0.15, 0.2) is 60.8 Å². The maximum absolute atomic E-state index is 11.0. The van der Waals surface area contributed by atoms with Crippen molar-refractivity contribution in [3.63, 3.8) is 0 Å². The first-order chi connectivity index (χ1) is 13.0. The second-order valence-corrected chi connectivity index (χ2v) is 6.41. The summed E-state index contributed by atoms with van der Waals surface area (Å²) in [4.78, 5) is 14.9. The summed E-state index contributed by atoms with van der Waals surface area (Å²) in [5, 5.41) is 15.0. The number of aromatic nitrogens is 3. The van der Waals surface area contributed by atoms with Crippen LogP contribution >= 0.6 is 23.2 Å². The molecule has 2 heterocycles.